The minimum Gasteiger partial charge on any atom is -0.497 e. The molecule has 1 aromatic heterocycles. The lowest BCUT2D eigenvalue weighted by Gasteiger charge is -2.07. The van der Waals surface area contributed by atoms with Crippen LogP contribution in [0.1, 0.15) is 15.9 Å². The van der Waals surface area contributed by atoms with E-state index in [1.54, 1.807) is 42.3 Å². The summed E-state index contributed by atoms with van der Waals surface area (Å²) in [5.74, 6) is -0.913. The third kappa shape index (κ3) is 4.87. The highest BCUT2D eigenvalue weighted by Gasteiger charge is 2.21. The third-order valence-electron chi connectivity index (χ3n) is 4.94. The van der Waals surface area contributed by atoms with Crippen molar-refractivity contribution in [1.29, 1.82) is 0 Å². The van der Waals surface area contributed by atoms with Crippen LogP contribution in [0.25, 0.3) is 11.3 Å². The lowest BCUT2D eigenvalue weighted by molar-refractivity contribution is -0.387. The van der Waals surface area contributed by atoms with Crippen LogP contribution in [0.3, 0.4) is 0 Å². The number of aromatic nitrogens is 2. The van der Waals surface area contributed by atoms with E-state index in [-0.39, 0.29) is 11.3 Å². The number of carbonyl (C=O) groups is 1. The average molecular weight is 446 g/mol. The number of methoxy groups -OCH3 is 1. The molecule has 8 nitrogen and oxygen atoms in total. The van der Waals surface area contributed by atoms with Crippen molar-refractivity contribution in [2.24, 2.45) is 0 Å². The van der Waals surface area contributed by atoms with Gasteiger partial charge < -0.3 is 10.1 Å². The van der Waals surface area contributed by atoms with Gasteiger partial charge in [0, 0.05) is 23.5 Å². The molecule has 3 aromatic carbocycles. The number of rotatable bonds is 7. The van der Waals surface area contributed by atoms with E-state index in [0.717, 1.165) is 17.7 Å². The molecule has 0 saturated carbocycles. The summed E-state index contributed by atoms with van der Waals surface area (Å²) in [4.78, 5) is 23.3. The van der Waals surface area contributed by atoms with Gasteiger partial charge in [0.25, 0.3) is 5.91 Å². The fraction of sp³-hybridized carbons (Fsp3) is 0.0833. The van der Waals surface area contributed by atoms with E-state index in [1.807, 2.05) is 30.3 Å². The second kappa shape index (κ2) is 9.31. The van der Waals surface area contributed by atoms with Crippen LogP contribution in [-0.4, -0.2) is 27.7 Å². The van der Waals surface area contributed by atoms with Crippen molar-refractivity contribution in [3.05, 3.63) is 106 Å². The van der Waals surface area contributed by atoms with E-state index in [9.17, 15) is 19.3 Å². The van der Waals surface area contributed by atoms with Gasteiger partial charge in [-0.05, 0) is 29.8 Å². The SMILES string of the molecule is COc1cccc(-c2nn(Cc3ccccc3)cc2C(=O)Nc2ccc(F)c([N+](=O)[O-])c2)c1. The second-order valence-electron chi connectivity index (χ2n) is 7.18. The molecule has 0 saturated heterocycles. The summed E-state index contributed by atoms with van der Waals surface area (Å²) in [6, 6.07) is 19.9. The second-order valence-corrected chi connectivity index (χ2v) is 7.18. The van der Waals surface area contributed by atoms with Crippen molar-refractivity contribution in [3.8, 4) is 17.0 Å². The normalized spacial score (nSPS) is 10.6. The van der Waals surface area contributed by atoms with Crippen LogP contribution in [-0.2, 0) is 6.54 Å². The lowest BCUT2D eigenvalue weighted by Crippen LogP contribution is -2.12. The van der Waals surface area contributed by atoms with E-state index in [1.165, 1.54) is 6.07 Å². The number of halogens is 1. The van der Waals surface area contributed by atoms with Gasteiger partial charge >= 0.3 is 5.69 Å². The molecule has 0 atom stereocenters. The summed E-state index contributed by atoms with van der Waals surface area (Å²) in [7, 11) is 1.54. The molecule has 0 aliphatic carbocycles. The predicted molar refractivity (Wildman–Crippen MR) is 121 cm³/mol. The highest BCUT2D eigenvalue weighted by Crippen LogP contribution is 2.28. The van der Waals surface area contributed by atoms with Crippen LogP contribution >= 0.6 is 0 Å². The summed E-state index contributed by atoms with van der Waals surface area (Å²) in [6.07, 6.45) is 1.61. The number of hydrogen-bond acceptors (Lipinski definition) is 5. The molecule has 33 heavy (non-hydrogen) atoms. The first-order valence-electron chi connectivity index (χ1n) is 9.95. The summed E-state index contributed by atoms with van der Waals surface area (Å²) >= 11 is 0. The predicted octanol–water partition coefficient (Wildman–Crippen LogP) is 4.91. The van der Waals surface area contributed by atoms with E-state index in [4.69, 9.17) is 4.74 Å². The molecule has 166 valence electrons. The molecule has 9 heteroatoms. The molecule has 1 N–H and O–H groups in total. The Kier molecular flexibility index (Phi) is 6.12. The fourth-order valence-electron chi connectivity index (χ4n) is 3.35. The molecule has 0 aliphatic rings. The van der Waals surface area contributed by atoms with Gasteiger partial charge in [0.1, 0.15) is 11.4 Å². The highest BCUT2D eigenvalue weighted by molar-refractivity contribution is 6.08. The molecular weight excluding hydrogens is 427 g/mol. The summed E-state index contributed by atoms with van der Waals surface area (Å²) in [5, 5.41) is 18.2. The summed E-state index contributed by atoms with van der Waals surface area (Å²) < 4.78 is 20.6. The number of nitrogens with one attached hydrogen (secondary N) is 1. The molecule has 0 radical (unpaired) electrons. The molecule has 1 heterocycles. The molecular formula is C24H19FN4O4. The number of hydrogen-bond donors (Lipinski definition) is 1. The topological polar surface area (TPSA) is 99.3 Å². The maximum absolute atomic E-state index is 13.7. The van der Waals surface area contributed by atoms with Gasteiger partial charge in [-0.2, -0.15) is 9.49 Å². The van der Waals surface area contributed by atoms with Gasteiger partial charge in [0.2, 0.25) is 5.82 Å². The number of benzene rings is 3. The number of anilines is 1. The minimum absolute atomic E-state index is 0.0977. The Morgan fingerprint density at radius 1 is 1.12 bits per heavy atom. The first kappa shape index (κ1) is 21.7. The van der Waals surface area contributed by atoms with Gasteiger partial charge in [-0.25, -0.2) is 0 Å². The van der Waals surface area contributed by atoms with Crippen molar-refractivity contribution >= 4 is 17.3 Å². The van der Waals surface area contributed by atoms with Crippen molar-refractivity contribution < 1.29 is 18.8 Å². The van der Waals surface area contributed by atoms with Crippen LogP contribution in [0.2, 0.25) is 0 Å². The molecule has 1 amide bonds. The molecule has 0 fully saturated rings. The van der Waals surface area contributed by atoms with Crippen LogP contribution in [0.4, 0.5) is 15.8 Å². The average Bonchev–Trinajstić information content (AvgIpc) is 3.25. The largest absolute Gasteiger partial charge is 0.497 e. The molecule has 0 bridgehead atoms. The van der Waals surface area contributed by atoms with Gasteiger partial charge in [0.15, 0.2) is 0 Å². The van der Waals surface area contributed by atoms with Crippen molar-refractivity contribution in [3.63, 3.8) is 0 Å². The summed E-state index contributed by atoms with van der Waals surface area (Å²) in [6.45, 7) is 0.438. The Hall–Kier alpha value is -4.53. The maximum atomic E-state index is 13.7. The van der Waals surface area contributed by atoms with Crippen molar-refractivity contribution in [1.82, 2.24) is 9.78 Å². The number of carbonyl (C=O) groups excluding carboxylic acids is 1. The van der Waals surface area contributed by atoms with Crippen molar-refractivity contribution in [2.75, 3.05) is 12.4 Å². The van der Waals surface area contributed by atoms with Gasteiger partial charge in [-0.3, -0.25) is 19.6 Å². The quantitative estimate of drug-likeness (QED) is 0.321. The molecule has 0 spiro atoms. The zero-order chi connectivity index (χ0) is 23.4. The van der Waals surface area contributed by atoms with Crippen LogP contribution in [0.5, 0.6) is 5.75 Å². The smallest absolute Gasteiger partial charge is 0.306 e. The minimum atomic E-state index is -0.981. The molecule has 4 aromatic rings. The summed E-state index contributed by atoms with van der Waals surface area (Å²) in [5.41, 5.74) is 1.71. The number of ether oxygens (including phenoxy) is 1. The van der Waals surface area contributed by atoms with E-state index >= 15 is 0 Å². The van der Waals surface area contributed by atoms with E-state index < -0.39 is 22.3 Å². The number of nitro groups is 1. The van der Waals surface area contributed by atoms with Crippen LogP contribution < -0.4 is 10.1 Å². The fourth-order valence-corrected chi connectivity index (χ4v) is 3.35. The van der Waals surface area contributed by atoms with Gasteiger partial charge in [-0.1, -0.05) is 42.5 Å². The Labute approximate surface area is 188 Å². The van der Waals surface area contributed by atoms with Gasteiger partial charge in [-0.15, -0.1) is 0 Å². The van der Waals surface area contributed by atoms with E-state index in [0.29, 0.717) is 23.6 Å². The number of nitro benzene ring substituents is 1. The van der Waals surface area contributed by atoms with E-state index in [2.05, 4.69) is 10.4 Å². The molecule has 4 rings (SSSR count). The lowest BCUT2D eigenvalue weighted by atomic mass is 10.1. The first-order chi connectivity index (χ1) is 15.9. The highest BCUT2D eigenvalue weighted by atomic mass is 19.1. The zero-order valence-electron chi connectivity index (χ0n) is 17.6. The Morgan fingerprint density at radius 3 is 2.64 bits per heavy atom. The standard InChI is InChI=1S/C24H19FN4O4/c1-33-19-9-5-8-17(12-19)23-20(15-28(27-23)14-16-6-3-2-4-7-16)24(30)26-18-10-11-21(25)22(13-18)29(31)32/h2-13,15H,14H2,1H3,(H,26,30). The first-order valence-corrected chi connectivity index (χ1v) is 9.95. The zero-order valence-corrected chi connectivity index (χ0v) is 17.6. The Balaban J connectivity index is 1.71. The maximum Gasteiger partial charge on any atom is 0.306 e. The molecule has 0 aliphatic heterocycles. The monoisotopic (exact) mass is 446 g/mol. The van der Waals surface area contributed by atoms with Gasteiger partial charge in [0.05, 0.1) is 24.1 Å². The molecule has 0 unspecified atom stereocenters. The van der Waals surface area contributed by atoms with Crippen molar-refractivity contribution in [2.45, 2.75) is 6.54 Å². The number of nitrogens with zero attached hydrogens (tertiary/aromatic N) is 3. The Morgan fingerprint density at radius 2 is 1.91 bits per heavy atom. The van der Waals surface area contributed by atoms with Crippen LogP contribution in [0.15, 0.2) is 79.0 Å². The van der Waals surface area contributed by atoms with Crippen LogP contribution in [0, 0.1) is 15.9 Å². The third-order valence-corrected chi connectivity index (χ3v) is 4.94. The number of amides is 1. The Bertz CT molecular complexity index is 1320.